The molecule has 0 aliphatic carbocycles. The van der Waals surface area contributed by atoms with Crippen molar-refractivity contribution in [3.8, 4) is 23.7 Å². The number of carbonyl (C=O) groups excluding carboxylic acids is 2. The highest BCUT2D eigenvalue weighted by Gasteiger charge is 2.27. The molecule has 0 bridgehead atoms. The summed E-state index contributed by atoms with van der Waals surface area (Å²) in [5.74, 6) is 11.5. The number of hydrogen-bond acceptors (Lipinski definition) is 7. The molecule has 0 heterocycles. The fourth-order valence-electron chi connectivity index (χ4n) is 6.30. The van der Waals surface area contributed by atoms with Gasteiger partial charge in [0.15, 0.2) is 6.10 Å². The molecule has 57 heavy (non-hydrogen) atoms. The number of carbonyl (C=O) groups is 2. The van der Waals surface area contributed by atoms with E-state index >= 15 is 0 Å². The lowest BCUT2D eigenvalue weighted by Gasteiger charge is -2.24. The lowest BCUT2D eigenvalue weighted by molar-refractivity contribution is -0.870. The van der Waals surface area contributed by atoms with E-state index in [9.17, 15) is 19.0 Å². The summed E-state index contributed by atoms with van der Waals surface area (Å²) in [6.45, 7) is 4.38. The van der Waals surface area contributed by atoms with Crippen molar-refractivity contribution in [3.63, 3.8) is 0 Å². The predicted octanol–water partition coefficient (Wildman–Crippen LogP) is 12.4. The number of esters is 2. The van der Waals surface area contributed by atoms with Crippen molar-refractivity contribution in [2.75, 3.05) is 47.5 Å². The van der Waals surface area contributed by atoms with E-state index in [1.807, 2.05) is 21.1 Å². The summed E-state index contributed by atoms with van der Waals surface area (Å²) in [7, 11) is 1.45. The van der Waals surface area contributed by atoms with Gasteiger partial charge in [-0.2, -0.15) is 0 Å². The van der Waals surface area contributed by atoms with Crippen LogP contribution in [0.25, 0.3) is 0 Å². The maximum Gasteiger partial charge on any atom is 0.472 e. The first-order chi connectivity index (χ1) is 27.5. The van der Waals surface area contributed by atoms with Crippen LogP contribution in [0.15, 0.2) is 0 Å². The van der Waals surface area contributed by atoms with E-state index in [0.717, 1.165) is 64.2 Å². The third-order valence-corrected chi connectivity index (χ3v) is 11.0. The van der Waals surface area contributed by atoms with Crippen LogP contribution in [0.3, 0.4) is 0 Å². The van der Waals surface area contributed by atoms with E-state index in [2.05, 4.69) is 37.5 Å². The van der Waals surface area contributed by atoms with Gasteiger partial charge in [-0.15, -0.1) is 0 Å². The minimum Gasteiger partial charge on any atom is -0.462 e. The van der Waals surface area contributed by atoms with E-state index in [1.165, 1.54) is 116 Å². The Kier molecular flexibility index (Phi) is 38.3. The maximum absolute atomic E-state index is 12.7. The molecule has 0 radical (unpaired) electrons. The molecule has 0 aromatic heterocycles. The molecule has 0 amide bonds. The number of likely N-dealkylation sites (N-methyl/N-ethyl adjacent to an activating group) is 1. The third-order valence-electron chi connectivity index (χ3n) is 9.98. The van der Waals surface area contributed by atoms with Crippen LogP contribution < -0.4 is 0 Å². The van der Waals surface area contributed by atoms with Gasteiger partial charge in [0.2, 0.25) is 0 Å². The highest BCUT2D eigenvalue weighted by Crippen LogP contribution is 2.43. The van der Waals surface area contributed by atoms with Crippen molar-refractivity contribution in [1.29, 1.82) is 0 Å². The normalized spacial score (nSPS) is 12.9. The zero-order valence-corrected chi connectivity index (χ0v) is 38.4. The summed E-state index contributed by atoms with van der Waals surface area (Å²) >= 11 is 0. The van der Waals surface area contributed by atoms with Gasteiger partial charge >= 0.3 is 19.8 Å². The lowest BCUT2D eigenvalue weighted by atomic mass is 10.0. The number of phosphoric ester groups is 1. The standard InChI is InChI=1S/C47H86NO8P/c1-6-8-10-12-14-16-18-20-21-22-23-24-25-26-28-30-32-34-36-38-40-47(50)56-45(44-55-57(51,52)54-42-41-48(3,4)5)43-53-46(49)39-37-35-33-31-29-27-19-17-15-13-11-9-7-2/h45H,6-21,26-44H2,1-5H3/p+1/t45-/m1/s1. The minimum absolute atomic E-state index is 0.0252. The SMILES string of the molecule is CCCCCCCCCCC#CC#CCCCCCCCCC(=O)O[C@H](COC(=O)CCCCCCCCCCCCCCC)COP(=O)(O)OCC[N+](C)(C)C. The Morgan fingerprint density at radius 3 is 1.35 bits per heavy atom. The Morgan fingerprint density at radius 2 is 0.930 bits per heavy atom. The van der Waals surface area contributed by atoms with E-state index in [0.29, 0.717) is 17.4 Å². The van der Waals surface area contributed by atoms with Crippen LogP contribution in [0.5, 0.6) is 0 Å². The van der Waals surface area contributed by atoms with E-state index in [1.54, 1.807) is 0 Å². The van der Waals surface area contributed by atoms with Gasteiger partial charge in [-0.1, -0.05) is 173 Å². The lowest BCUT2D eigenvalue weighted by Crippen LogP contribution is -2.37. The molecule has 0 fully saturated rings. The molecular formula is C47H87NO8P+. The van der Waals surface area contributed by atoms with Crippen LogP contribution in [-0.4, -0.2) is 74.9 Å². The Morgan fingerprint density at radius 1 is 0.544 bits per heavy atom. The molecule has 9 nitrogen and oxygen atoms in total. The van der Waals surface area contributed by atoms with E-state index in [4.69, 9.17) is 18.5 Å². The fraction of sp³-hybridized carbons (Fsp3) is 0.872. The number of rotatable bonds is 40. The highest BCUT2D eigenvalue weighted by molar-refractivity contribution is 7.47. The molecule has 0 aliphatic heterocycles. The van der Waals surface area contributed by atoms with Crippen molar-refractivity contribution in [2.24, 2.45) is 0 Å². The van der Waals surface area contributed by atoms with Gasteiger partial charge in [0, 0.05) is 25.7 Å². The average molecular weight is 825 g/mol. The second kappa shape index (κ2) is 39.6. The topological polar surface area (TPSA) is 108 Å². The molecule has 0 rings (SSSR count). The van der Waals surface area contributed by atoms with Crippen molar-refractivity contribution >= 4 is 19.8 Å². The molecule has 1 N–H and O–H groups in total. The highest BCUT2D eigenvalue weighted by atomic mass is 31.2. The molecule has 0 saturated carbocycles. The first-order valence-corrected chi connectivity index (χ1v) is 24.7. The molecule has 0 spiro atoms. The van der Waals surface area contributed by atoms with Crippen LogP contribution in [0.2, 0.25) is 0 Å². The molecule has 2 atom stereocenters. The summed E-state index contributed by atoms with van der Waals surface area (Å²) in [6, 6.07) is 0. The van der Waals surface area contributed by atoms with Crippen molar-refractivity contribution in [1.82, 2.24) is 0 Å². The summed E-state index contributed by atoms with van der Waals surface area (Å²) in [6.07, 6.45) is 33.5. The quantitative estimate of drug-likeness (QED) is 0.0214. The number of ether oxygens (including phenoxy) is 2. The fourth-order valence-corrected chi connectivity index (χ4v) is 7.04. The number of unbranched alkanes of at least 4 members (excludes halogenated alkanes) is 26. The molecule has 10 heteroatoms. The number of nitrogens with zero attached hydrogens (tertiary/aromatic N) is 1. The average Bonchev–Trinajstić information content (AvgIpc) is 3.16. The summed E-state index contributed by atoms with van der Waals surface area (Å²) in [5.41, 5.74) is 0. The van der Waals surface area contributed by atoms with Gasteiger partial charge in [-0.25, -0.2) is 4.57 Å². The Labute approximate surface area is 351 Å². The monoisotopic (exact) mass is 825 g/mol. The summed E-state index contributed by atoms with van der Waals surface area (Å²) in [4.78, 5) is 35.4. The molecule has 0 saturated heterocycles. The van der Waals surface area contributed by atoms with Crippen LogP contribution in [0.4, 0.5) is 0 Å². The summed E-state index contributed by atoms with van der Waals surface area (Å²) in [5, 5.41) is 0. The van der Waals surface area contributed by atoms with Crippen LogP contribution in [0.1, 0.15) is 213 Å². The smallest absolute Gasteiger partial charge is 0.462 e. The number of phosphoric acid groups is 1. The molecule has 0 aromatic rings. The number of quaternary nitrogens is 1. The number of hydrogen-bond donors (Lipinski definition) is 1. The van der Waals surface area contributed by atoms with Crippen molar-refractivity contribution < 1.29 is 42.1 Å². The Balaban J connectivity index is 4.34. The van der Waals surface area contributed by atoms with E-state index in [-0.39, 0.29) is 32.0 Å². The predicted molar refractivity (Wildman–Crippen MR) is 235 cm³/mol. The Hall–Kier alpha value is -1.87. The minimum atomic E-state index is -4.38. The van der Waals surface area contributed by atoms with Gasteiger partial charge < -0.3 is 18.9 Å². The molecule has 1 unspecified atom stereocenters. The van der Waals surface area contributed by atoms with Crippen LogP contribution >= 0.6 is 7.82 Å². The first-order valence-electron chi connectivity index (χ1n) is 23.2. The molecular weight excluding hydrogens is 737 g/mol. The molecule has 0 aromatic carbocycles. The first kappa shape index (κ1) is 55.1. The van der Waals surface area contributed by atoms with Crippen molar-refractivity contribution in [2.45, 2.75) is 219 Å². The third kappa shape index (κ3) is 43.5. The van der Waals surface area contributed by atoms with Crippen molar-refractivity contribution in [3.05, 3.63) is 0 Å². The maximum atomic E-state index is 12.7. The zero-order valence-electron chi connectivity index (χ0n) is 37.5. The zero-order chi connectivity index (χ0) is 42.1. The Bertz CT molecular complexity index is 1130. The van der Waals surface area contributed by atoms with Gasteiger partial charge in [0.25, 0.3) is 0 Å². The van der Waals surface area contributed by atoms with Crippen LogP contribution in [-0.2, 0) is 32.7 Å². The van der Waals surface area contributed by atoms with E-state index < -0.39 is 26.5 Å². The second-order valence-corrected chi connectivity index (χ2v) is 18.3. The van der Waals surface area contributed by atoms with Gasteiger partial charge in [0.05, 0.1) is 27.7 Å². The molecule has 0 aliphatic rings. The van der Waals surface area contributed by atoms with Gasteiger partial charge in [-0.3, -0.25) is 18.6 Å². The largest absolute Gasteiger partial charge is 0.472 e. The van der Waals surface area contributed by atoms with Gasteiger partial charge in [0.1, 0.15) is 19.8 Å². The molecule has 332 valence electrons. The second-order valence-electron chi connectivity index (χ2n) is 16.8. The van der Waals surface area contributed by atoms with Gasteiger partial charge in [-0.05, 0) is 37.5 Å². The summed E-state index contributed by atoms with van der Waals surface area (Å²) < 4.78 is 34.3. The van der Waals surface area contributed by atoms with Crippen LogP contribution in [0, 0.1) is 23.7 Å².